The number of likely N-dealkylation sites (tertiary alicyclic amines) is 1. The fourth-order valence-corrected chi connectivity index (χ4v) is 4.51. The number of benzene rings is 2. The van der Waals surface area contributed by atoms with E-state index in [0.717, 1.165) is 19.6 Å². The molecular formula is C27H31FN2O5. The van der Waals surface area contributed by atoms with Crippen molar-refractivity contribution in [2.45, 2.75) is 32.4 Å². The highest BCUT2D eigenvalue weighted by molar-refractivity contribution is 6.46. The van der Waals surface area contributed by atoms with Crippen molar-refractivity contribution in [3.63, 3.8) is 0 Å². The first-order chi connectivity index (χ1) is 16.8. The number of aliphatic hydroxyl groups excluding tert-OH is 1. The molecule has 2 heterocycles. The smallest absolute Gasteiger partial charge is 0.295 e. The van der Waals surface area contributed by atoms with Crippen LogP contribution >= 0.6 is 0 Å². The van der Waals surface area contributed by atoms with Crippen LogP contribution in [0.5, 0.6) is 5.75 Å². The quantitative estimate of drug-likeness (QED) is 0.351. The number of ether oxygens (including phenoxy) is 2. The first-order valence-electron chi connectivity index (χ1n) is 12.0. The summed E-state index contributed by atoms with van der Waals surface area (Å²) in [5.41, 5.74) is 0.975. The van der Waals surface area contributed by atoms with Crippen LogP contribution in [0.4, 0.5) is 4.39 Å². The van der Waals surface area contributed by atoms with Gasteiger partial charge in [-0.3, -0.25) is 14.5 Å². The summed E-state index contributed by atoms with van der Waals surface area (Å²) in [5, 5.41) is 11.1. The summed E-state index contributed by atoms with van der Waals surface area (Å²) in [5.74, 6) is -1.49. The van der Waals surface area contributed by atoms with E-state index >= 15 is 0 Å². The maximum absolute atomic E-state index is 13.4. The van der Waals surface area contributed by atoms with Gasteiger partial charge in [0.25, 0.3) is 11.7 Å². The lowest BCUT2D eigenvalue weighted by Crippen LogP contribution is -2.38. The molecule has 0 saturated carbocycles. The van der Waals surface area contributed by atoms with Crippen molar-refractivity contribution in [2.75, 3.05) is 39.4 Å². The van der Waals surface area contributed by atoms with Crippen LogP contribution in [0.1, 0.15) is 37.4 Å². The van der Waals surface area contributed by atoms with Crippen LogP contribution in [0.15, 0.2) is 54.1 Å². The van der Waals surface area contributed by atoms with Crippen molar-refractivity contribution >= 4 is 17.4 Å². The van der Waals surface area contributed by atoms with E-state index in [9.17, 15) is 19.1 Å². The molecule has 2 saturated heterocycles. The van der Waals surface area contributed by atoms with E-state index in [1.54, 1.807) is 24.3 Å². The molecule has 2 aliphatic rings. The Balaban J connectivity index is 1.66. The number of hydrogen-bond donors (Lipinski definition) is 1. The van der Waals surface area contributed by atoms with E-state index < -0.39 is 23.5 Å². The van der Waals surface area contributed by atoms with Crippen molar-refractivity contribution < 1.29 is 28.6 Å². The van der Waals surface area contributed by atoms with E-state index in [-0.39, 0.29) is 23.0 Å². The molecule has 0 spiro atoms. The van der Waals surface area contributed by atoms with Gasteiger partial charge in [0.15, 0.2) is 0 Å². The molecule has 186 valence electrons. The minimum absolute atomic E-state index is 0.00477. The summed E-state index contributed by atoms with van der Waals surface area (Å²) in [6.07, 6.45) is 0.680. The molecule has 0 unspecified atom stereocenters. The molecule has 4 rings (SSSR count). The fourth-order valence-electron chi connectivity index (χ4n) is 4.51. The molecule has 0 radical (unpaired) electrons. The van der Waals surface area contributed by atoms with Gasteiger partial charge in [0.2, 0.25) is 0 Å². The molecule has 0 aromatic heterocycles. The summed E-state index contributed by atoms with van der Waals surface area (Å²) in [6.45, 7) is 8.05. The van der Waals surface area contributed by atoms with Crippen LogP contribution in [0.3, 0.4) is 0 Å². The molecule has 0 aliphatic carbocycles. The molecule has 0 bridgehead atoms. The Hall–Kier alpha value is -3.23. The van der Waals surface area contributed by atoms with Gasteiger partial charge in [-0.1, -0.05) is 12.1 Å². The SMILES string of the molecule is CC(C)Oc1ccc([C@@H]2/C(=C(\O)c3ccc(F)cc3)C(=O)C(=O)N2CCCN2CCOCC2)cc1. The van der Waals surface area contributed by atoms with E-state index in [0.29, 0.717) is 37.5 Å². The van der Waals surface area contributed by atoms with Crippen LogP contribution in [0.2, 0.25) is 0 Å². The molecule has 2 fully saturated rings. The number of halogens is 1. The predicted molar refractivity (Wildman–Crippen MR) is 129 cm³/mol. The summed E-state index contributed by atoms with van der Waals surface area (Å²) in [4.78, 5) is 30.0. The zero-order valence-corrected chi connectivity index (χ0v) is 20.1. The van der Waals surface area contributed by atoms with Gasteiger partial charge in [0.1, 0.15) is 17.3 Å². The van der Waals surface area contributed by atoms with E-state index in [1.807, 2.05) is 13.8 Å². The van der Waals surface area contributed by atoms with E-state index in [1.165, 1.54) is 29.2 Å². The summed E-state index contributed by atoms with van der Waals surface area (Å²) < 4.78 is 24.6. The first-order valence-corrected chi connectivity index (χ1v) is 12.0. The predicted octanol–water partition coefficient (Wildman–Crippen LogP) is 3.76. The Morgan fingerprint density at radius 3 is 2.34 bits per heavy atom. The van der Waals surface area contributed by atoms with Crippen LogP contribution in [-0.4, -0.2) is 72.1 Å². The first kappa shape index (κ1) is 24.9. The molecule has 2 aromatic carbocycles. The highest BCUT2D eigenvalue weighted by Gasteiger charge is 2.45. The van der Waals surface area contributed by atoms with Gasteiger partial charge < -0.3 is 19.5 Å². The van der Waals surface area contributed by atoms with E-state index in [4.69, 9.17) is 9.47 Å². The average molecular weight is 483 g/mol. The molecule has 2 aromatic rings. The Kier molecular flexibility index (Phi) is 7.83. The third kappa shape index (κ3) is 5.71. The van der Waals surface area contributed by atoms with Gasteiger partial charge in [-0.25, -0.2) is 4.39 Å². The molecule has 2 aliphatic heterocycles. The minimum atomic E-state index is -0.752. The topological polar surface area (TPSA) is 79.3 Å². The number of carbonyl (C=O) groups is 2. The standard InChI is InChI=1S/C27H31FN2O5/c1-18(2)35-22-10-6-19(7-11-22)24-23(25(31)20-4-8-21(28)9-5-20)26(32)27(33)30(24)13-3-12-29-14-16-34-17-15-29/h4-11,18,24,31H,3,12-17H2,1-2H3/b25-23+/t24-/m1/s1. The summed E-state index contributed by atoms with van der Waals surface area (Å²) in [7, 11) is 0. The minimum Gasteiger partial charge on any atom is -0.507 e. The van der Waals surface area contributed by atoms with Gasteiger partial charge in [-0.15, -0.1) is 0 Å². The van der Waals surface area contributed by atoms with Gasteiger partial charge in [0, 0.05) is 31.7 Å². The molecule has 1 amide bonds. The Morgan fingerprint density at radius 1 is 1.06 bits per heavy atom. The number of nitrogens with zero attached hydrogens (tertiary/aromatic N) is 2. The lowest BCUT2D eigenvalue weighted by molar-refractivity contribution is -0.140. The van der Waals surface area contributed by atoms with Crippen molar-refractivity contribution in [3.05, 3.63) is 71.0 Å². The number of ketones is 1. The number of rotatable bonds is 8. The normalized spacial score (nSPS) is 20.6. The second-order valence-electron chi connectivity index (χ2n) is 9.04. The maximum atomic E-state index is 13.4. The Morgan fingerprint density at radius 2 is 1.71 bits per heavy atom. The molecular weight excluding hydrogens is 451 g/mol. The van der Waals surface area contributed by atoms with Gasteiger partial charge >= 0.3 is 0 Å². The summed E-state index contributed by atoms with van der Waals surface area (Å²) in [6, 6.07) is 11.7. The number of aliphatic hydroxyl groups is 1. The van der Waals surface area contributed by atoms with Gasteiger partial charge in [-0.05, 0) is 62.2 Å². The number of amides is 1. The molecule has 1 atom stereocenters. The molecule has 7 nitrogen and oxygen atoms in total. The highest BCUT2D eigenvalue weighted by Crippen LogP contribution is 2.40. The largest absolute Gasteiger partial charge is 0.507 e. The second kappa shape index (κ2) is 11.0. The number of hydrogen-bond acceptors (Lipinski definition) is 6. The fraction of sp³-hybridized carbons (Fsp3) is 0.407. The average Bonchev–Trinajstić information content (AvgIpc) is 3.10. The number of morpholine rings is 1. The lowest BCUT2D eigenvalue weighted by atomic mass is 9.95. The zero-order valence-electron chi connectivity index (χ0n) is 20.1. The number of Topliss-reactive ketones (excluding diaryl/α,β-unsaturated/α-hetero) is 1. The third-order valence-electron chi connectivity index (χ3n) is 6.20. The van der Waals surface area contributed by atoms with Crippen molar-refractivity contribution in [2.24, 2.45) is 0 Å². The van der Waals surface area contributed by atoms with Crippen LogP contribution in [-0.2, 0) is 14.3 Å². The zero-order chi connectivity index (χ0) is 24.9. The third-order valence-corrected chi connectivity index (χ3v) is 6.20. The monoisotopic (exact) mass is 482 g/mol. The Bertz CT molecular complexity index is 1080. The lowest BCUT2D eigenvalue weighted by Gasteiger charge is -2.29. The molecule has 1 N–H and O–H groups in total. The molecule has 8 heteroatoms. The van der Waals surface area contributed by atoms with Crippen molar-refractivity contribution in [1.82, 2.24) is 9.80 Å². The van der Waals surface area contributed by atoms with Crippen LogP contribution in [0.25, 0.3) is 5.76 Å². The van der Waals surface area contributed by atoms with Gasteiger partial charge in [-0.2, -0.15) is 0 Å². The van der Waals surface area contributed by atoms with Gasteiger partial charge in [0.05, 0.1) is 30.9 Å². The van der Waals surface area contributed by atoms with Crippen LogP contribution < -0.4 is 4.74 Å². The summed E-state index contributed by atoms with van der Waals surface area (Å²) >= 11 is 0. The highest BCUT2D eigenvalue weighted by atomic mass is 19.1. The number of carbonyl (C=O) groups excluding carboxylic acids is 2. The van der Waals surface area contributed by atoms with Crippen LogP contribution in [0, 0.1) is 5.82 Å². The van der Waals surface area contributed by atoms with Crippen molar-refractivity contribution in [1.29, 1.82) is 0 Å². The van der Waals surface area contributed by atoms with E-state index in [2.05, 4.69) is 4.90 Å². The van der Waals surface area contributed by atoms with Crippen molar-refractivity contribution in [3.8, 4) is 5.75 Å². The molecule has 35 heavy (non-hydrogen) atoms. The Labute approximate surface area is 204 Å². The maximum Gasteiger partial charge on any atom is 0.295 e. The second-order valence-corrected chi connectivity index (χ2v) is 9.04.